The van der Waals surface area contributed by atoms with Crippen molar-refractivity contribution < 1.29 is 9.18 Å². The Balaban J connectivity index is 2.72. The molecule has 0 aliphatic rings. The van der Waals surface area contributed by atoms with Gasteiger partial charge in [0.2, 0.25) is 0 Å². The summed E-state index contributed by atoms with van der Waals surface area (Å²) >= 11 is 0. The number of amides is 1. The molecule has 0 unspecified atom stereocenters. The van der Waals surface area contributed by atoms with Crippen molar-refractivity contribution in [3.63, 3.8) is 0 Å². The van der Waals surface area contributed by atoms with Gasteiger partial charge >= 0.3 is 0 Å². The van der Waals surface area contributed by atoms with E-state index in [-0.39, 0.29) is 17.8 Å². The van der Waals surface area contributed by atoms with Gasteiger partial charge in [-0.15, -0.1) is 0 Å². The molecule has 1 rings (SSSR count). The molecule has 1 N–H and O–H groups in total. The van der Waals surface area contributed by atoms with E-state index < -0.39 is 0 Å². The lowest BCUT2D eigenvalue weighted by molar-refractivity contribution is 0.0943. The molecular weight excluding hydrogens is 168 g/mol. The van der Waals surface area contributed by atoms with Crippen molar-refractivity contribution in [2.24, 2.45) is 0 Å². The zero-order chi connectivity index (χ0) is 9.84. The van der Waals surface area contributed by atoms with Crippen LogP contribution in [0.25, 0.3) is 0 Å². The maximum atomic E-state index is 12.5. The summed E-state index contributed by atoms with van der Waals surface area (Å²) in [5.41, 5.74) is 0.482. The summed E-state index contributed by atoms with van der Waals surface area (Å²) in [5, 5.41) is 2.72. The van der Waals surface area contributed by atoms with Gasteiger partial charge in [0.05, 0.1) is 0 Å². The Labute approximate surface area is 76.8 Å². The van der Waals surface area contributed by atoms with Crippen molar-refractivity contribution in [2.45, 2.75) is 19.9 Å². The van der Waals surface area contributed by atoms with Gasteiger partial charge in [0.1, 0.15) is 5.82 Å². The first kappa shape index (κ1) is 9.71. The fourth-order valence-corrected chi connectivity index (χ4v) is 0.947. The third kappa shape index (κ3) is 2.86. The summed E-state index contributed by atoms with van der Waals surface area (Å²) in [4.78, 5) is 11.3. The lowest BCUT2D eigenvalue weighted by Crippen LogP contribution is -2.29. The zero-order valence-corrected chi connectivity index (χ0v) is 7.67. The molecule has 0 saturated carbocycles. The summed E-state index contributed by atoms with van der Waals surface area (Å²) < 4.78 is 12.5. The van der Waals surface area contributed by atoms with Crippen LogP contribution in [0.5, 0.6) is 0 Å². The molecule has 0 spiro atoms. The normalized spacial score (nSPS) is 10.2. The Kier molecular flexibility index (Phi) is 3.01. The second-order valence-corrected chi connectivity index (χ2v) is 3.14. The van der Waals surface area contributed by atoms with Crippen LogP contribution >= 0.6 is 0 Å². The van der Waals surface area contributed by atoms with Gasteiger partial charge in [-0.1, -0.05) is 0 Å². The molecule has 3 heteroatoms. The molecule has 0 radical (unpaired) electrons. The van der Waals surface area contributed by atoms with Crippen molar-refractivity contribution >= 4 is 5.91 Å². The van der Waals surface area contributed by atoms with E-state index in [0.717, 1.165) is 0 Å². The molecule has 2 nitrogen and oxygen atoms in total. The van der Waals surface area contributed by atoms with E-state index >= 15 is 0 Å². The molecule has 0 fully saturated rings. The van der Waals surface area contributed by atoms with Crippen LogP contribution in [0.3, 0.4) is 0 Å². The van der Waals surface area contributed by atoms with Gasteiger partial charge in [-0.2, -0.15) is 0 Å². The van der Waals surface area contributed by atoms with Gasteiger partial charge in [0, 0.05) is 11.6 Å². The molecule has 0 atom stereocenters. The second kappa shape index (κ2) is 4.03. The lowest BCUT2D eigenvalue weighted by atomic mass is 10.2. The van der Waals surface area contributed by atoms with Crippen LogP contribution in [0.4, 0.5) is 4.39 Å². The van der Waals surface area contributed by atoms with Crippen molar-refractivity contribution in [1.29, 1.82) is 0 Å². The van der Waals surface area contributed by atoms with Gasteiger partial charge in [-0.3, -0.25) is 4.79 Å². The highest BCUT2D eigenvalue weighted by Crippen LogP contribution is 2.02. The first-order chi connectivity index (χ1) is 6.09. The monoisotopic (exact) mass is 180 g/mol. The van der Waals surface area contributed by atoms with E-state index in [1.807, 2.05) is 13.8 Å². The summed E-state index contributed by atoms with van der Waals surface area (Å²) in [7, 11) is 0. The second-order valence-electron chi connectivity index (χ2n) is 3.14. The minimum absolute atomic E-state index is 0.0950. The van der Waals surface area contributed by atoms with E-state index in [9.17, 15) is 9.18 Å². The van der Waals surface area contributed by atoms with E-state index in [0.29, 0.717) is 5.56 Å². The van der Waals surface area contributed by atoms with Gasteiger partial charge in [0.25, 0.3) is 5.91 Å². The van der Waals surface area contributed by atoms with Crippen LogP contribution in [0.2, 0.25) is 0 Å². The Morgan fingerprint density at radius 2 is 1.85 bits per heavy atom. The minimum atomic E-state index is -0.332. The average molecular weight is 180 g/mol. The zero-order valence-electron chi connectivity index (χ0n) is 7.67. The Bertz CT molecular complexity index is 292. The summed E-state index contributed by atoms with van der Waals surface area (Å²) in [6, 6.07) is 5.57. The maximum Gasteiger partial charge on any atom is 0.251 e. The highest BCUT2D eigenvalue weighted by Gasteiger charge is 2.05. The van der Waals surface area contributed by atoms with Crippen molar-refractivity contribution in [1.82, 2.24) is 5.32 Å². The van der Waals surface area contributed by atoms with Crippen LogP contribution in [-0.2, 0) is 0 Å². The molecule has 0 heterocycles. The third-order valence-corrected chi connectivity index (χ3v) is 1.53. The summed E-state index contributed by atoms with van der Waals surface area (Å²) in [5.74, 6) is -0.504. The number of carbonyl (C=O) groups excluding carboxylic acids is 1. The molecule has 1 aromatic rings. The molecule has 0 aliphatic carbocycles. The third-order valence-electron chi connectivity index (χ3n) is 1.53. The van der Waals surface area contributed by atoms with E-state index in [1.54, 1.807) is 0 Å². The van der Waals surface area contributed by atoms with E-state index in [4.69, 9.17) is 0 Å². The van der Waals surface area contributed by atoms with Crippen LogP contribution < -0.4 is 5.32 Å². The Morgan fingerprint density at radius 3 is 2.31 bits per heavy atom. The molecule has 13 heavy (non-hydrogen) atoms. The fraction of sp³-hybridized carbons (Fsp3) is 0.300. The van der Waals surface area contributed by atoms with E-state index in [2.05, 4.69) is 5.32 Å². The van der Waals surface area contributed by atoms with Crippen LogP contribution in [0.15, 0.2) is 24.3 Å². The topological polar surface area (TPSA) is 29.1 Å². The largest absolute Gasteiger partial charge is 0.350 e. The van der Waals surface area contributed by atoms with Crippen LogP contribution in [0, 0.1) is 5.82 Å². The smallest absolute Gasteiger partial charge is 0.251 e. The van der Waals surface area contributed by atoms with Gasteiger partial charge < -0.3 is 5.32 Å². The number of halogens is 1. The number of hydrogen-bond donors (Lipinski definition) is 1. The van der Waals surface area contributed by atoms with Gasteiger partial charge in [-0.25, -0.2) is 4.39 Å². The maximum absolute atomic E-state index is 12.5. The first-order valence-electron chi connectivity index (χ1n) is 4.16. The summed E-state index contributed by atoms with van der Waals surface area (Å²) in [6.07, 6.45) is 0. The SMILES string of the molecule is CC(C)NC(=O)c1ccc([18F])cc1. The number of nitrogens with one attached hydrogen (secondary N) is 1. The predicted molar refractivity (Wildman–Crippen MR) is 49.0 cm³/mol. The molecule has 0 aliphatic heterocycles. The number of rotatable bonds is 2. The average Bonchev–Trinajstić information content (AvgIpc) is 2.04. The fourth-order valence-electron chi connectivity index (χ4n) is 0.947. The Morgan fingerprint density at radius 1 is 1.31 bits per heavy atom. The standard InChI is InChI=1S/C10H12FNO/c1-7(2)12-10(13)8-3-5-9(11)6-4-8/h3-7H,1-2H3,(H,12,13)/i11-1. The number of carbonyl (C=O) groups is 1. The van der Waals surface area contributed by atoms with Gasteiger partial charge in [-0.05, 0) is 38.1 Å². The number of benzene rings is 1. The summed E-state index contributed by atoms with van der Waals surface area (Å²) in [6.45, 7) is 3.75. The highest BCUT2D eigenvalue weighted by molar-refractivity contribution is 5.94. The molecule has 0 bridgehead atoms. The molecule has 1 aromatic carbocycles. The lowest BCUT2D eigenvalue weighted by Gasteiger charge is -2.07. The van der Waals surface area contributed by atoms with E-state index in [1.165, 1.54) is 24.3 Å². The highest BCUT2D eigenvalue weighted by atomic mass is 18.2. The molecule has 70 valence electrons. The molecule has 1 amide bonds. The Hall–Kier alpha value is -1.38. The van der Waals surface area contributed by atoms with Crippen molar-refractivity contribution in [3.8, 4) is 0 Å². The first-order valence-corrected chi connectivity index (χ1v) is 4.16. The van der Waals surface area contributed by atoms with Crippen LogP contribution in [-0.4, -0.2) is 11.9 Å². The quantitative estimate of drug-likeness (QED) is 0.740. The van der Waals surface area contributed by atoms with Crippen molar-refractivity contribution in [2.75, 3.05) is 0 Å². The molecule has 0 saturated heterocycles. The van der Waals surface area contributed by atoms with Crippen LogP contribution in [0.1, 0.15) is 24.2 Å². The van der Waals surface area contributed by atoms with Gasteiger partial charge in [0.15, 0.2) is 0 Å². The molecule has 0 aromatic heterocycles. The molecular formula is C10H12FNO. The number of hydrogen-bond acceptors (Lipinski definition) is 1. The van der Waals surface area contributed by atoms with Crippen molar-refractivity contribution in [3.05, 3.63) is 35.6 Å². The predicted octanol–water partition coefficient (Wildman–Crippen LogP) is 1.96. The minimum Gasteiger partial charge on any atom is -0.350 e.